The zero-order chi connectivity index (χ0) is 12.5. The van der Waals surface area contributed by atoms with E-state index in [-0.39, 0.29) is 0 Å². The van der Waals surface area contributed by atoms with E-state index in [1.165, 1.54) is 11.1 Å². The predicted octanol–water partition coefficient (Wildman–Crippen LogP) is 3.08. The van der Waals surface area contributed by atoms with Crippen molar-refractivity contribution in [3.05, 3.63) is 59.2 Å². The van der Waals surface area contributed by atoms with Crippen molar-refractivity contribution < 1.29 is 14.6 Å². The summed E-state index contributed by atoms with van der Waals surface area (Å²) in [6, 6.07) is 13.1. The number of rotatable bonds is 2. The fraction of sp³-hybridized carbons (Fsp3) is 0.133. The highest BCUT2D eigenvalue weighted by atomic mass is 16.5. The van der Waals surface area contributed by atoms with Crippen molar-refractivity contribution in [1.82, 2.24) is 0 Å². The fourth-order valence-electron chi connectivity index (χ4n) is 2.16. The second kappa shape index (κ2) is 4.27. The third kappa shape index (κ3) is 1.89. The van der Waals surface area contributed by atoms with Gasteiger partial charge in [-0.1, -0.05) is 24.3 Å². The molecule has 0 atom stereocenters. The molecule has 18 heavy (non-hydrogen) atoms. The molecule has 3 heteroatoms. The summed E-state index contributed by atoms with van der Waals surface area (Å²) < 4.78 is 5.38. The minimum atomic E-state index is -0.899. The van der Waals surface area contributed by atoms with Crippen LogP contribution in [0.25, 0.3) is 11.1 Å². The first-order valence-corrected chi connectivity index (χ1v) is 5.77. The highest BCUT2D eigenvalue weighted by Crippen LogP contribution is 2.27. The second-order valence-electron chi connectivity index (χ2n) is 4.36. The van der Waals surface area contributed by atoms with Crippen molar-refractivity contribution in [2.45, 2.75) is 13.2 Å². The summed E-state index contributed by atoms with van der Waals surface area (Å²) in [4.78, 5) is 10.8. The minimum Gasteiger partial charge on any atom is -0.478 e. The van der Waals surface area contributed by atoms with E-state index in [1.807, 2.05) is 18.2 Å². The molecule has 0 bridgehead atoms. The Kier molecular flexibility index (Phi) is 2.61. The summed E-state index contributed by atoms with van der Waals surface area (Å²) >= 11 is 0. The van der Waals surface area contributed by atoms with Crippen molar-refractivity contribution in [2.24, 2.45) is 0 Å². The van der Waals surface area contributed by atoms with Gasteiger partial charge in [0.2, 0.25) is 0 Å². The van der Waals surface area contributed by atoms with Gasteiger partial charge in [0, 0.05) is 0 Å². The SMILES string of the molecule is O=C(O)c1ccc(-c2ccc3c(c2)COC3)cc1. The van der Waals surface area contributed by atoms with Crippen molar-refractivity contribution in [1.29, 1.82) is 0 Å². The normalized spacial score (nSPS) is 13.3. The summed E-state index contributed by atoms with van der Waals surface area (Å²) in [5.74, 6) is -0.899. The van der Waals surface area contributed by atoms with E-state index >= 15 is 0 Å². The first kappa shape index (κ1) is 11.0. The smallest absolute Gasteiger partial charge is 0.335 e. The zero-order valence-electron chi connectivity index (χ0n) is 9.72. The molecule has 0 aliphatic carbocycles. The van der Waals surface area contributed by atoms with E-state index in [4.69, 9.17) is 9.84 Å². The van der Waals surface area contributed by atoms with Crippen LogP contribution in [0.1, 0.15) is 21.5 Å². The van der Waals surface area contributed by atoms with Crippen molar-refractivity contribution in [2.75, 3.05) is 0 Å². The van der Waals surface area contributed by atoms with Gasteiger partial charge in [-0.3, -0.25) is 0 Å². The Morgan fingerprint density at radius 1 is 0.944 bits per heavy atom. The quantitative estimate of drug-likeness (QED) is 0.877. The van der Waals surface area contributed by atoms with Crippen molar-refractivity contribution in [3.8, 4) is 11.1 Å². The van der Waals surface area contributed by atoms with Crippen LogP contribution < -0.4 is 0 Å². The van der Waals surface area contributed by atoms with E-state index in [0.29, 0.717) is 18.8 Å². The molecular formula is C15H12O3. The summed E-state index contributed by atoms with van der Waals surface area (Å²) in [7, 11) is 0. The van der Waals surface area contributed by atoms with Crippen LogP contribution in [0.3, 0.4) is 0 Å². The Balaban J connectivity index is 1.97. The van der Waals surface area contributed by atoms with Crippen LogP contribution in [-0.4, -0.2) is 11.1 Å². The topological polar surface area (TPSA) is 46.5 Å². The summed E-state index contributed by atoms with van der Waals surface area (Å²) in [6.07, 6.45) is 0. The van der Waals surface area contributed by atoms with Crippen LogP contribution in [0.4, 0.5) is 0 Å². The van der Waals surface area contributed by atoms with Gasteiger partial charge in [-0.05, 0) is 40.5 Å². The van der Waals surface area contributed by atoms with Gasteiger partial charge in [0.05, 0.1) is 18.8 Å². The molecule has 0 radical (unpaired) electrons. The van der Waals surface area contributed by atoms with E-state index in [0.717, 1.165) is 11.1 Å². The van der Waals surface area contributed by atoms with Gasteiger partial charge >= 0.3 is 5.97 Å². The van der Waals surface area contributed by atoms with Gasteiger partial charge < -0.3 is 9.84 Å². The Morgan fingerprint density at radius 2 is 1.61 bits per heavy atom. The molecule has 0 saturated carbocycles. The number of benzene rings is 2. The molecule has 0 fully saturated rings. The molecule has 2 aromatic rings. The summed E-state index contributed by atoms with van der Waals surface area (Å²) in [5, 5.41) is 8.86. The van der Waals surface area contributed by atoms with Gasteiger partial charge in [0.1, 0.15) is 0 Å². The maximum Gasteiger partial charge on any atom is 0.335 e. The van der Waals surface area contributed by atoms with E-state index in [1.54, 1.807) is 12.1 Å². The molecule has 0 saturated heterocycles. The van der Waals surface area contributed by atoms with E-state index in [2.05, 4.69) is 12.1 Å². The fourth-order valence-corrected chi connectivity index (χ4v) is 2.16. The van der Waals surface area contributed by atoms with Crippen LogP contribution in [0.15, 0.2) is 42.5 Å². The Morgan fingerprint density at radius 3 is 2.33 bits per heavy atom. The lowest BCUT2D eigenvalue weighted by atomic mass is 10.00. The molecule has 1 aliphatic heterocycles. The molecule has 1 heterocycles. The third-order valence-electron chi connectivity index (χ3n) is 3.19. The number of carboxylic acids is 1. The molecule has 3 rings (SSSR count). The van der Waals surface area contributed by atoms with Crippen LogP contribution in [-0.2, 0) is 18.0 Å². The summed E-state index contributed by atoms with van der Waals surface area (Å²) in [5.41, 5.74) is 4.88. The summed E-state index contributed by atoms with van der Waals surface area (Å²) in [6.45, 7) is 1.35. The number of ether oxygens (including phenoxy) is 1. The second-order valence-corrected chi connectivity index (χ2v) is 4.36. The highest BCUT2D eigenvalue weighted by Gasteiger charge is 2.12. The number of hydrogen-bond donors (Lipinski definition) is 1. The number of carboxylic acid groups (broad SMARTS) is 1. The maximum atomic E-state index is 10.8. The molecule has 1 aliphatic rings. The van der Waals surface area contributed by atoms with Crippen LogP contribution in [0.2, 0.25) is 0 Å². The largest absolute Gasteiger partial charge is 0.478 e. The maximum absolute atomic E-state index is 10.8. The lowest BCUT2D eigenvalue weighted by Crippen LogP contribution is -1.95. The lowest BCUT2D eigenvalue weighted by molar-refractivity contribution is 0.0697. The predicted molar refractivity (Wildman–Crippen MR) is 67.3 cm³/mol. The van der Waals surface area contributed by atoms with E-state index in [9.17, 15) is 4.79 Å². The molecular weight excluding hydrogens is 228 g/mol. The Hall–Kier alpha value is -2.13. The monoisotopic (exact) mass is 240 g/mol. The Labute approximate surface area is 105 Å². The van der Waals surface area contributed by atoms with Crippen LogP contribution >= 0.6 is 0 Å². The molecule has 90 valence electrons. The van der Waals surface area contributed by atoms with Crippen molar-refractivity contribution >= 4 is 5.97 Å². The Bertz CT molecular complexity index is 600. The van der Waals surface area contributed by atoms with Gasteiger partial charge in [0.15, 0.2) is 0 Å². The molecule has 0 unspecified atom stereocenters. The van der Waals surface area contributed by atoms with Crippen molar-refractivity contribution in [3.63, 3.8) is 0 Å². The third-order valence-corrected chi connectivity index (χ3v) is 3.19. The lowest BCUT2D eigenvalue weighted by Gasteiger charge is -2.04. The number of carbonyl (C=O) groups is 1. The number of hydrogen-bond acceptors (Lipinski definition) is 2. The average molecular weight is 240 g/mol. The van der Waals surface area contributed by atoms with Gasteiger partial charge in [-0.15, -0.1) is 0 Å². The minimum absolute atomic E-state index is 0.309. The van der Waals surface area contributed by atoms with Gasteiger partial charge in [-0.2, -0.15) is 0 Å². The number of fused-ring (bicyclic) bond motifs is 1. The van der Waals surface area contributed by atoms with Crippen LogP contribution in [0.5, 0.6) is 0 Å². The van der Waals surface area contributed by atoms with Gasteiger partial charge in [0.25, 0.3) is 0 Å². The molecule has 0 aromatic heterocycles. The molecule has 3 nitrogen and oxygen atoms in total. The van der Waals surface area contributed by atoms with Crippen LogP contribution in [0, 0.1) is 0 Å². The molecule has 0 spiro atoms. The van der Waals surface area contributed by atoms with Gasteiger partial charge in [-0.25, -0.2) is 4.79 Å². The number of aromatic carboxylic acids is 1. The molecule has 1 N–H and O–H groups in total. The zero-order valence-corrected chi connectivity index (χ0v) is 9.72. The van der Waals surface area contributed by atoms with E-state index < -0.39 is 5.97 Å². The highest BCUT2D eigenvalue weighted by molar-refractivity contribution is 5.88. The first-order chi connectivity index (χ1) is 8.74. The first-order valence-electron chi connectivity index (χ1n) is 5.77. The average Bonchev–Trinajstić information content (AvgIpc) is 2.86. The standard InChI is InChI=1S/C15H12O3/c16-15(17)11-3-1-10(2-4-11)12-5-6-13-8-18-9-14(13)7-12/h1-7H,8-9H2,(H,16,17). The molecule has 0 amide bonds. The molecule has 2 aromatic carbocycles.